The molecule has 0 bridgehead atoms. The van der Waals surface area contributed by atoms with Crippen LogP contribution in [0.3, 0.4) is 0 Å². The smallest absolute Gasteiger partial charge is 0.159 e. The zero-order chi connectivity index (χ0) is 11.5. The van der Waals surface area contributed by atoms with E-state index in [1.54, 1.807) is 19.1 Å². The average molecular weight is 206 g/mol. The van der Waals surface area contributed by atoms with Gasteiger partial charge in [-0.1, -0.05) is 19.1 Å². The standard InChI is InChI=1S/C13H18O2/c1-5-13(3,4)15-12-8-6-7-11(9-12)10(2)14/h6-9H,5H2,1-4H3. The lowest BCUT2D eigenvalue weighted by molar-refractivity contribution is 0.0995. The van der Waals surface area contributed by atoms with Gasteiger partial charge in [0.2, 0.25) is 0 Å². The van der Waals surface area contributed by atoms with E-state index in [0.29, 0.717) is 5.56 Å². The van der Waals surface area contributed by atoms with Gasteiger partial charge in [-0.3, -0.25) is 4.79 Å². The van der Waals surface area contributed by atoms with Crippen LogP contribution in [-0.2, 0) is 0 Å². The second-order valence-corrected chi connectivity index (χ2v) is 4.30. The van der Waals surface area contributed by atoms with E-state index in [4.69, 9.17) is 4.74 Å². The maximum Gasteiger partial charge on any atom is 0.159 e. The summed E-state index contributed by atoms with van der Waals surface area (Å²) >= 11 is 0. The maximum absolute atomic E-state index is 11.2. The first-order valence-corrected chi connectivity index (χ1v) is 5.24. The Hall–Kier alpha value is -1.31. The Morgan fingerprint density at radius 1 is 1.40 bits per heavy atom. The van der Waals surface area contributed by atoms with Crippen molar-refractivity contribution in [1.29, 1.82) is 0 Å². The molecule has 0 saturated heterocycles. The van der Waals surface area contributed by atoms with E-state index in [-0.39, 0.29) is 11.4 Å². The minimum atomic E-state index is -0.185. The molecule has 0 radical (unpaired) electrons. The fraction of sp³-hybridized carbons (Fsp3) is 0.462. The van der Waals surface area contributed by atoms with Crippen molar-refractivity contribution in [3.63, 3.8) is 0 Å². The molecule has 0 aliphatic carbocycles. The minimum absolute atomic E-state index is 0.0646. The number of benzene rings is 1. The highest BCUT2D eigenvalue weighted by Gasteiger charge is 2.16. The molecule has 0 amide bonds. The number of carbonyl (C=O) groups is 1. The van der Waals surface area contributed by atoms with E-state index < -0.39 is 0 Å². The maximum atomic E-state index is 11.2. The molecule has 0 heterocycles. The second-order valence-electron chi connectivity index (χ2n) is 4.30. The molecule has 0 fully saturated rings. The van der Waals surface area contributed by atoms with Crippen LogP contribution in [0.15, 0.2) is 24.3 Å². The molecule has 0 aliphatic heterocycles. The predicted octanol–water partition coefficient (Wildman–Crippen LogP) is 3.46. The molecule has 1 aromatic carbocycles. The molecule has 0 atom stereocenters. The number of ketones is 1. The molecule has 0 spiro atoms. The lowest BCUT2D eigenvalue weighted by atomic mass is 10.1. The van der Waals surface area contributed by atoms with Gasteiger partial charge in [0.05, 0.1) is 0 Å². The Kier molecular flexibility index (Phi) is 3.51. The summed E-state index contributed by atoms with van der Waals surface area (Å²) in [4.78, 5) is 11.2. The molecule has 2 nitrogen and oxygen atoms in total. The van der Waals surface area contributed by atoms with Crippen LogP contribution in [0, 0.1) is 0 Å². The van der Waals surface area contributed by atoms with Gasteiger partial charge in [-0.05, 0) is 39.3 Å². The highest BCUT2D eigenvalue weighted by atomic mass is 16.5. The van der Waals surface area contributed by atoms with Crippen molar-refractivity contribution in [1.82, 2.24) is 0 Å². The van der Waals surface area contributed by atoms with Crippen molar-refractivity contribution in [2.45, 2.75) is 39.7 Å². The van der Waals surface area contributed by atoms with Crippen LogP contribution in [0.1, 0.15) is 44.5 Å². The molecule has 0 N–H and O–H groups in total. The summed E-state index contributed by atoms with van der Waals surface area (Å²) in [6.45, 7) is 7.71. The second kappa shape index (κ2) is 4.47. The highest BCUT2D eigenvalue weighted by Crippen LogP contribution is 2.21. The van der Waals surface area contributed by atoms with Crippen LogP contribution in [0.5, 0.6) is 5.75 Å². The Morgan fingerprint density at radius 3 is 2.60 bits per heavy atom. The number of ether oxygens (including phenoxy) is 1. The van der Waals surface area contributed by atoms with Crippen molar-refractivity contribution in [2.75, 3.05) is 0 Å². The first-order valence-electron chi connectivity index (χ1n) is 5.24. The summed E-state index contributed by atoms with van der Waals surface area (Å²) in [7, 11) is 0. The molecule has 1 aromatic rings. The van der Waals surface area contributed by atoms with Gasteiger partial charge in [-0.25, -0.2) is 0 Å². The average Bonchev–Trinajstić information content (AvgIpc) is 2.17. The van der Waals surface area contributed by atoms with Gasteiger partial charge < -0.3 is 4.74 Å². The van der Waals surface area contributed by atoms with E-state index in [0.717, 1.165) is 12.2 Å². The topological polar surface area (TPSA) is 26.3 Å². The van der Waals surface area contributed by atoms with Crippen LogP contribution in [-0.4, -0.2) is 11.4 Å². The largest absolute Gasteiger partial charge is 0.488 e. The van der Waals surface area contributed by atoms with Gasteiger partial charge in [-0.2, -0.15) is 0 Å². The third-order valence-corrected chi connectivity index (χ3v) is 2.49. The zero-order valence-corrected chi connectivity index (χ0v) is 9.83. The SMILES string of the molecule is CCC(C)(C)Oc1cccc(C(C)=O)c1. The molecule has 2 heteroatoms. The lowest BCUT2D eigenvalue weighted by Crippen LogP contribution is -2.26. The fourth-order valence-electron chi connectivity index (χ4n) is 1.17. The van der Waals surface area contributed by atoms with E-state index >= 15 is 0 Å². The molecule has 0 saturated carbocycles. The van der Waals surface area contributed by atoms with Crippen molar-refractivity contribution in [2.24, 2.45) is 0 Å². The van der Waals surface area contributed by atoms with Gasteiger partial charge in [0.15, 0.2) is 5.78 Å². The molecule has 15 heavy (non-hydrogen) atoms. The summed E-state index contributed by atoms with van der Waals surface area (Å²) in [6.07, 6.45) is 0.928. The summed E-state index contributed by atoms with van der Waals surface area (Å²) in [5.74, 6) is 0.823. The van der Waals surface area contributed by atoms with Crippen LogP contribution >= 0.6 is 0 Å². The van der Waals surface area contributed by atoms with Gasteiger partial charge in [-0.15, -0.1) is 0 Å². The first kappa shape index (κ1) is 11.8. The summed E-state index contributed by atoms with van der Waals surface area (Å²) in [6, 6.07) is 7.32. The van der Waals surface area contributed by atoms with E-state index in [1.165, 1.54) is 0 Å². The molecule has 1 rings (SSSR count). The molecule has 0 unspecified atom stereocenters. The first-order chi connectivity index (χ1) is 6.94. The Balaban J connectivity index is 2.87. The van der Waals surface area contributed by atoms with Crippen LogP contribution in [0.25, 0.3) is 0 Å². The van der Waals surface area contributed by atoms with Crippen molar-refractivity contribution >= 4 is 5.78 Å². The molecule has 0 aliphatic rings. The van der Waals surface area contributed by atoms with Crippen molar-refractivity contribution < 1.29 is 9.53 Å². The van der Waals surface area contributed by atoms with Crippen LogP contribution in [0.2, 0.25) is 0 Å². The van der Waals surface area contributed by atoms with Gasteiger partial charge in [0.1, 0.15) is 11.4 Å². The number of hydrogen-bond donors (Lipinski definition) is 0. The van der Waals surface area contributed by atoms with E-state index in [1.807, 2.05) is 26.0 Å². The van der Waals surface area contributed by atoms with Gasteiger partial charge in [0.25, 0.3) is 0 Å². The number of rotatable bonds is 4. The predicted molar refractivity (Wildman–Crippen MR) is 61.4 cm³/mol. The van der Waals surface area contributed by atoms with E-state index in [2.05, 4.69) is 6.92 Å². The molecular weight excluding hydrogens is 188 g/mol. The third-order valence-electron chi connectivity index (χ3n) is 2.49. The Bertz CT molecular complexity index is 353. The molecule has 0 aromatic heterocycles. The van der Waals surface area contributed by atoms with Gasteiger partial charge >= 0.3 is 0 Å². The fourth-order valence-corrected chi connectivity index (χ4v) is 1.17. The Labute approximate surface area is 91.3 Å². The summed E-state index contributed by atoms with van der Waals surface area (Å²) < 4.78 is 5.79. The van der Waals surface area contributed by atoms with Crippen LogP contribution < -0.4 is 4.74 Å². The highest BCUT2D eigenvalue weighted by molar-refractivity contribution is 5.94. The third kappa shape index (κ3) is 3.39. The number of hydrogen-bond acceptors (Lipinski definition) is 2. The van der Waals surface area contributed by atoms with E-state index in [9.17, 15) is 4.79 Å². The summed E-state index contributed by atoms with van der Waals surface area (Å²) in [5.41, 5.74) is 0.509. The normalized spacial score (nSPS) is 11.2. The van der Waals surface area contributed by atoms with Crippen molar-refractivity contribution in [3.05, 3.63) is 29.8 Å². The van der Waals surface area contributed by atoms with Gasteiger partial charge in [0, 0.05) is 5.56 Å². The Morgan fingerprint density at radius 2 is 2.07 bits per heavy atom. The monoisotopic (exact) mass is 206 g/mol. The lowest BCUT2D eigenvalue weighted by Gasteiger charge is -2.25. The summed E-state index contributed by atoms with van der Waals surface area (Å²) in [5, 5.41) is 0. The molecular formula is C13H18O2. The van der Waals surface area contributed by atoms with Crippen LogP contribution in [0.4, 0.5) is 0 Å². The zero-order valence-electron chi connectivity index (χ0n) is 9.83. The molecule has 82 valence electrons. The number of carbonyl (C=O) groups excluding carboxylic acids is 1. The van der Waals surface area contributed by atoms with Crippen molar-refractivity contribution in [3.8, 4) is 5.75 Å². The minimum Gasteiger partial charge on any atom is -0.488 e. The quantitative estimate of drug-likeness (QED) is 0.705. The number of Topliss-reactive ketones (excluding diaryl/α,β-unsaturated/α-hetero) is 1.